The molecule has 0 aromatic carbocycles. The van der Waals surface area contributed by atoms with Gasteiger partial charge in [-0.1, -0.05) is 0 Å². The van der Waals surface area contributed by atoms with E-state index in [4.69, 9.17) is 0 Å². The maximum absolute atomic E-state index is 10.1. The molecule has 0 amide bonds. The number of hydrogen-bond acceptors (Lipinski definition) is 2. The Morgan fingerprint density at radius 1 is 1.15 bits per heavy atom. The zero-order valence-electron chi connectivity index (χ0n) is 7.74. The Bertz CT molecular complexity index is 266. The summed E-state index contributed by atoms with van der Waals surface area (Å²) in [4.78, 5) is 0. The van der Waals surface area contributed by atoms with Gasteiger partial charge in [-0.2, -0.15) is 5.26 Å². The number of aliphatic hydroxyl groups excluding tert-OH is 1. The maximum atomic E-state index is 10.1. The van der Waals surface area contributed by atoms with Gasteiger partial charge in [0.1, 0.15) is 0 Å². The predicted molar refractivity (Wildman–Crippen MR) is 47.6 cm³/mol. The molecule has 70 valence electrons. The summed E-state index contributed by atoms with van der Waals surface area (Å²) in [7, 11) is 0. The molecule has 0 radical (unpaired) electrons. The Morgan fingerprint density at radius 2 is 1.77 bits per heavy atom. The summed E-state index contributed by atoms with van der Waals surface area (Å²) in [6.45, 7) is 0. The Hall–Kier alpha value is -0.550. The van der Waals surface area contributed by atoms with Crippen LogP contribution in [0, 0.1) is 34.5 Å². The highest BCUT2D eigenvalue weighted by atomic mass is 16.3. The standard InChI is InChI=1S/C11H15NO/c12-6-11-4-7-1-8(5-11)3-9(2-7)10(11)13/h7-10,13H,1-5H2/t7-,8+,9?,10-,11?/m1/s1. The van der Waals surface area contributed by atoms with Gasteiger partial charge >= 0.3 is 0 Å². The Morgan fingerprint density at radius 3 is 2.31 bits per heavy atom. The molecule has 0 saturated heterocycles. The molecular weight excluding hydrogens is 162 g/mol. The van der Waals surface area contributed by atoms with E-state index in [1.165, 1.54) is 19.3 Å². The molecule has 4 aliphatic carbocycles. The zero-order valence-corrected chi connectivity index (χ0v) is 7.74. The summed E-state index contributed by atoms with van der Waals surface area (Å²) in [6, 6.07) is 2.41. The summed E-state index contributed by atoms with van der Waals surface area (Å²) >= 11 is 0. The third-order valence-corrected chi connectivity index (χ3v) is 4.48. The van der Waals surface area contributed by atoms with E-state index in [9.17, 15) is 10.4 Å². The van der Waals surface area contributed by atoms with E-state index in [1.807, 2.05) is 0 Å². The molecule has 4 rings (SSSR count). The zero-order chi connectivity index (χ0) is 9.05. The first kappa shape index (κ1) is 7.82. The maximum Gasteiger partial charge on any atom is 0.0840 e. The number of rotatable bonds is 0. The molecule has 5 atom stereocenters. The summed E-state index contributed by atoms with van der Waals surface area (Å²) in [5.74, 6) is 1.95. The minimum absolute atomic E-state index is 0.315. The second kappa shape index (κ2) is 2.27. The molecule has 0 aliphatic heterocycles. The van der Waals surface area contributed by atoms with E-state index in [-0.39, 0.29) is 11.5 Å². The minimum Gasteiger partial charge on any atom is -0.391 e. The molecule has 2 unspecified atom stereocenters. The van der Waals surface area contributed by atoms with Crippen molar-refractivity contribution >= 4 is 0 Å². The minimum atomic E-state index is -0.339. The van der Waals surface area contributed by atoms with Crippen LogP contribution in [0.25, 0.3) is 0 Å². The van der Waals surface area contributed by atoms with Crippen molar-refractivity contribution in [2.24, 2.45) is 23.2 Å². The smallest absolute Gasteiger partial charge is 0.0840 e. The van der Waals surface area contributed by atoms with Crippen molar-refractivity contribution in [3.05, 3.63) is 0 Å². The average molecular weight is 177 g/mol. The summed E-state index contributed by atoms with van der Waals surface area (Å²) in [5, 5.41) is 19.2. The van der Waals surface area contributed by atoms with E-state index >= 15 is 0 Å². The number of aliphatic hydroxyl groups is 1. The van der Waals surface area contributed by atoms with Gasteiger partial charge in [-0.05, 0) is 49.9 Å². The molecule has 13 heavy (non-hydrogen) atoms. The largest absolute Gasteiger partial charge is 0.391 e. The Balaban J connectivity index is 2.01. The normalized spacial score (nSPS) is 57.8. The van der Waals surface area contributed by atoms with Gasteiger partial charge < -0.3 is 5.11 Å². The fourth-order valence-corrected chi connectivity index (χ4v) is 4.17. The van der Waals surface area contributed by atoms with Crippen LogP contribution < -0.4 is 0 Å². The lowest BCUT2D eigenvalue weighted by Gasteiger charge is -2.56. The first-order valence-electron chi connectivity index (χ1n) is 5.33. The van der Waals surface area contributed by atoms with Gasteiger partial charge in [0.05, 0.1) is 17.6 Å². The number of nitriles is 1. The molecule has 1 N–H and O–H groups in total. The van der Waals surface area contributed by atoms with Gasteiger partial charge in [0.25, 0.3) is 0 Å². The number of hydrogen-bond donors (Lipinski definition) is 1. The van der Waals surface area contributed by atoms with E-state index < -0.39 is 0 Å². The molecule has 0 aromatic rings. The van der Waals surface area contributed by atoms with E-state index in [1.54, 1.807) is 0 Å². The lowest BCUT2D eigenvalue weighted by atomic mass is 9.49. The van der Waals surface area contributed by atoms with E-state index in [0.717, 1.165) is 24.7 Å². The quantitative estimate of drug-likeness (QED) is 0.612. The van der Waals surface area contributed by atoms with Crippen molar-refractivity contribution in [2.75, 3.05) is 0 Å². The first-order chi connectivity index (χ1) is 6.23. The number of nitrogens with zero attached hydrogens (tertiary/aromatic N) is 1. The van der Waals surface area contributed by atoms with E-state index in [2.05, 4.69) is 6.07 Å². The third kappa shape index (κ3) is 0.862. The second-order valence-corrected chi connectivity index (χ2v) is 5.32. The van der Waals surface area contributed by atoms with Crippen molar-refractivity contribution < 1.29 is 5.11 Å². The van der Waals surface area contributed by atoms with Crippen LogP contribution in [0.2, 0.25) is 0 Å². The molecule has 2 heteroatoms. The summed E-state index contributed by atoms with van der Waals surface area (Å²) < 4.78 is 0. The van der Waals surface area contributed by atoms with Gasteiger partial charge in [-0.15, -0.1) is 0 Å². The monoisotopic (exact) mass is 177 g/mol. The molecule has 0 aromatic heterocycles. The molecule has 0 spiro atoms. The van der Waals surface area contributed by atoms with Crippen molar-refractivity contribution in [1.29, 1.82) is 5.26 Å². The highest BCUT2D eigenvalue weighted by Gasteiger charge is 2.57. The highest BCUT2D eigenvalue weighted by Crippen LogP contribution is 2.59. The molecule has 4 saturated carbocycles. The van der Waals surface area contributed by atoms with Gasteiger partial charge in [0.2, 0.25) is 0 Å². The highest BCUT2D eigenvalue weighted by molar-refractivity contribution is 5.15. The molecular formula is C11H15NO. The summed E-state index contributed by atoms with van der Waals surface area (Å²) in [6.07, 6.45) is 5.31. The van der Waals surface area contributed by atoms with Crippen molar-refractivity contribution in [1.82, 2.24) is 0 Å². The lowest BCUT2D eigenvalue weighted by molar-refractivity contribution is -0.127. The van der Waals surface area contributed by atoms with Crippen molar-refractivity contribution in [3.8, 4) is 6.07 Å². The van der Waals surface area contributed by atoms with Crippen LogP contribution in [0.15, 0.2) is 0 Å². The topological polar surface area (TPSA) is 44.0 Å². The van der Waals surface area contributed by atoms with Crippen LogP contribution in [0.3, 0.4) is 0 Å². The fourth-order valence-electron chi connectivity index (χ4n) is 4.17. The Labute approximate surface area is 78.6 Å². The second-order valence-electron chi connectivity index (χ2n) is 5.32. The van der Waals surface area contributed by atoms with Crippen LogP contribution in [-0.4, -0.2) is 11.2 Å². The third-order valence-electron chi connectivity index (χ3n) is 4.48. The molecule has 0 heterocycles. The Kier molecular flexibility index (Phi) is 1.37. The van der Waals surface area contributed by atoms with Crippen LogP contribution in [0.1, 0.15) is 32.1 Å². The van der Waals surface area contributed by atoms with Crippen LogP contribution in [-0.2, 0) is 0 Å². The van der Waals surface area contributed by atoms with Crippen molar-refractivity contribution in [2.45, 2.75) is 38.2 Å². The van der Waals surface area contributed by atoms with Gasteiger partial charge in [0.15, 0.2) is 0 Å². The molecule has 4 bridgehead atoms. The first-order valence-corrected chi connectivity index (χ1v) is 5.33. The van der Waals surface area contributed by atoms with Crippen LogP contribution in [0.5, 0.6) is 0 Å². The molecule has 2 nitrogen and oxygen atoms in total. The van der Waals surface area contributed by atoms with Gasteiger partial charge in [-0.25, -0.2) is 0 Å². The summed E-state index contributed by atoms with van der Waals surface area (Å²) in [5.41, 5.74) is -0.339. The SMILES string of the molecule is N#CC12C[C@@H]3CC(C[C@@H](C3)C1)[C@H]2O. The average Bonchev–Trinajstić information content (AvgIpc) is 2.12. The molecule has 4 fully saturated rings. The van der Waals surface area contributed by atoms with Crippen molar-refractivity contribution in [3.63, 3.8) is 0 Å². The molecule has 4 aliphatic rings. The fraction of sp³-hybridized carbons (Fsp3) is 0.909. The van der Waals surface area contributed by atoms with Crippen LogP contribution in [0.4, 0.5) is 0 Å². The predicted octanol–water partition coefficient (Wildman–Crippen LogP) is 1.70. The van der Waals surface area contributed by atoms with Gasteiger partial charge in [-0.3, -0.25) is 0 Å². The van der Waals surface area contributed by atoms with Gasteiger partial charge in [0, 0.05) is 0 Å². The lowest BCUT2D eigenvalue weighted by Crippen LogP contribution is -2.55. The van der Waals surface area contributed by atoms with Crippen LogP contribution >= 0.6 is 0 Å². The van der Waals surface area contributed by atoms with E-state index in [0.29, 0.717) is 5.92 Å².